The van der Waals surface area contributed by atoms with Crippen LogP contribution in [0.3, 0.4) is 0 Å². The van der Waals surface area contributed by atoms with Gasteiger partial charge in [-0.3, -0.25) is 15.0 Å². The van der Waals surface area contributed by atoms with E-state index in [-0.39, 0.29) is 19.0 Å². The van der Waals surface area contributed by atoms with Gasteiger partial charge in [-0.15, -0.1) is 0 Å². The zero-order chi connectivity index (χ0) is 23.5. The fraction of sp³-hybridized carbons (Fsp3) is 0.400. The number of benzene rings is 1. The molecule has 176 valence electrons. The summed E-state index contributed by atoms with van der Waals surface area (Å²) in [5.41, 5.74) is 0.723. The van der Waals surface area contributed by atoms with Crippen LogP contribution in [-0.4, -0.2) is 69.6 Å². The Bertz CT molecular complexity index is 1050. The molecule has 2 saturated heterocycles. The van der Waals surface area contributed by atoms with Crippen LogP contribution in [-0.2, 0) is 9.47 Å². The summed E-state index contributed by atoms with van der Waals surface area (Å²) < 4.78 is 30.2. The molecule has 2 fully saturated rings. The van der Waals surface area contributed by atoms with Crippen LogP contribution in [0.1, 0.15) is 0 Å². The van der Waals surface area contributed by atoms with Crippen molar-refractivity contribution in [2.45, 2.75) is 6.10 Å². The highest BCUT2D eigenvalue weighted by atomic mass is 19.1. The third-order valence-corrected chi connectivity index (χ3v) is 5.41. The van der Waals surface area contributed by atoms with Crippen LogP contribution < -0.4 is 20.0 Å². The molecule has 1 aromatic heterocycles. The lowest BCUT2D eigenvalue weighted by molar-refractivity contribution is -0.401. The average Bonchev–Trinajstić information content (AvgIpc) is 3.45. The third-order valence-electron chi connectivity index (χ3n) is 5.41. The van der Waals surface area contributed by atoms with Crippen molar-refractivity contribution >= 4 is 35.3 Å². The van der Waals surface area contributed by atoms with Gasteiger partial charge in [0.2, 0.25) is 5.88 Å². The number of alkyl carbamates (subject to hydrolysis) is 1. The minimum Gasteiger partial charge on any atom is -0.446 e. The molecule has 1 aromatic carbocycles. The Morgan fingerprint density at radius 3 is 2.61 bits per heavy atom. The van der Waals surface area contributed by atoms with Crippen LogP contribution in [0.15, 0.2) is 34.7 Å². The molecule has 0 spiro atoms. The Morgan fingerprint density at radius 1 is 1.24 bits per heavy atom. The molecule has 1 atom stereocenters. The highest BCUT2D eigenvalue weighted by Gasteiger charge is 2.34. The van der Waals surface area contributed by atoms with Crippen LogP contribution >= 0.6 is 0 Å². The van der Waals surface area contributed by atoms with E-state index in [1.165, 1.54) is 24.1 Å². The quantitative estimate of drug-likeness (QED) is 0.506. The number of amides is 2. The van der Waals surface area contributed by atoms with Crippen LogP contribution in [0.4, 0.5) is 37.1 Å². The second-order valence-electron chi connectivity index (χ2n) is 7.44. The SMILES string of the molecule is CNC(=O)OC[C@@H]1CN(c2ccc(N3CCN(c4ccc([N+](=O)[O-])o4)CC3)c(F)c2)C(=O)O1. The maximum Gasteiger partial charge on any atom is 0.434 e. The number of nitro groups is 1. The summed E-state index contributed by atoms with van der Waals surface area (Å²) in [5, 5.41) is 13.1. The molecular formula is C20H22FN5O7. The monoisotopic (exact) mass is 463 g/mol. The number of cyclic esters (lactones) is 1. The van der Waals surface area contributed by atoms with Gasteiger partial charge in [0.25, 0.3) is 0 Å². The predicted molar refractivity (Wildman–Crippen MR) is 114 cm³/mol. The molecule has 13 heteroatoms. The number of nitrogens with zero attached hydrogens (tertiary/aromatic N) is 4. The smallest absolute Gasteiger partial charge is 0.434 e. The molecule has 12 nitrogen and oxygen atoms in total. The first kappa shape index (κ1) is 22.2. The van der Waals surface area contributed by atoms with E-state index in [2.05, 4.69) is 5.32 Å². The Hall–Kier alpha value is -4.03. The van der Waals surface area contributed by atoms with Crippen molar-refractivity contribution in [2.75, 3.05) is 61.1 Å². The number of anilines is 3. The van der Waals surface area contributed by atoms with Gasteiger partial charge in [-0.2, -0.15) is 0 Å². The Balaban J connectivity index is 1.36. The molecule has 2 amide bonds. The van der Waals surface area contributed by atoms with E-state index < -0.39 is 29.0 Å². The molecular weight excluding hydrogens is 441 g/mol. The average molecular weight is 463 g/mol. The number of halogens is 1. The lowest BCUT2D eigenvalue weighted by Crippen LogP contribution is -2.46. The molecule has 0 saturated carbocycles. The fourth-order valence-corrected chi connectivity index (χ4v) is 3.73. The number of carbonyl (C=O) groups is 2. The number of hydrogen-bond donors (Lipinski definition) is 1. The van der Waals surface area contributed by atoms with E-state index >= 15 is 0 Å². The number of nitrogens with one attached hydrogen (secondary N) is 1. The molecule has 0 unspecified atom stereocenters. The van der Waals surface area contributed by atoms with E-state index in [0.717, 1.165) is 0 Å². The van der Waals surface area contributed by atoms with Crippen molar-refractivity contribution in [3.8, 4) is 0 Å². The zero-order valence-electron chi connectivity index (χ0n) is 17.7. The second-order valence-corrected chi connectivity index (χ2v) is 7.44. The first-order chi connectivity index (χ1) is 15.9. The van der Waals surface area contributed by atoms with Gasteiger partial charge >= 0.3 is 18.1 Å². The molecule has 2 aliphatic heterocycles. The summed E-state index contributed by atoms with van der Waals surface area (Å²) in [4.78, 5) is 38.6. The summed E-state index contributed by atoms with van der Waals surface area (Å²) in [6.45, 7) is 1.98. The molecule has 0 bridgehead atoms. The largest absolute Gasteiger partial charge is 0.446 e. The Kier molecular flexibility index (Phi) is 6.20. The molecule has 1 N–H and O–H groups in total. The first-order valence-corrected chi connectivity index (χ1v) is 10.2. The predicted octanol–water partition coefficient (Wildman–Crippen LogP) is 2.33. The number of hydrogen-bond acceptors (Lipinski definition) is 9. The van der Waals surface area contributed by atoms with Crippen LogP contribution in [0.25, 0.3) is 0 Å². The van der Waals surface area contributed by atoms with E-state index in [9.17, 15) is 24.1 Å². The Labute approximate surface area is 187 Å². The van der Waals surface area contributed by atoms with Crippen LogP contribution in [0.5, 0.6) is 0 Å². The summed E-state index contributed by atoms with van der Waals surface area (Å²) in [7, 11) is 1.42. The first-order valence-electron chi connectivity index (χ1n) is 10.2. The van der Waals surface area contributed by atoms with E-state index in [1.54, 1.807) is 18.2 Å². The van der Waals surface area contributed by atoms with E-state index in [0.29, 0.717) is 43.4 Å². The summed E-state index contributed by atoms with van der Waals surface area (Å²) in [5.74, 6) is -0.413. The minimum atomic E-state index is -0.650. The normalized spacial score (nSPS) is 18.3. The molecule has 0 aliphatic carbocycles. The van der Waals surface area contributed by atoms with Crippen molar-refractivity contribution in [1.82, 2.24) is 5.32 Å². The van der Waals surface area contributed by atoms with Gasteiger partial charge in [-0.1, -0.05) is 0 Å². The number of piperazine rings is 1. The van der Waals surface area contributed by atoms with Crippen LogP contribution in [0.2, 0.25) is 0 Å². The summed E-state index contributed by atoms with van der Waals surface area (Å²) in [6.07, 6.45) is -1.93. The molecule has 2 aliphatic rings. The van der Waals surface area contributed by atoms with Crippen molar-refractivity contribution < 1.29 is 32.8 Å². The minimum absolute atomic E-state index is 0.106. The third kappa shape index (κ3) is 4.76. The standard InChI is InChI=1S/C20H22FN5O7/c1-22-19(27)31-12-14-11-25(20(28)32-14)13-2-3-16(15(21)10-13)23-6-8-24(9-7-23)17-4-5-18(33-17)26(29)30/h2-5,10,14H,6-9,11-12H2,1H3,(H,22,27)/t14-/m0/s1. The highest BCUT2D eigenvalue weighted by molar-refractivity contribution is 5.90. The van der Waals surface area contributed by atoms with Gasteiger partial charge in [0.1, 0.15) is 17.3 Å². The topological polar surface area (TPSA) is 131 Å². The van der Waals surface area contributed by atoms with E-state index in [4.69, 9.17) is 13.9 Å². The number of furan rings is 1. The molecule has 3 heterocycles. The molecule has 4 rings (SSSR count). The molecule has 2 aromatic rings. The van der Waals surface area contributed by atoms with Crippen molar-refractivity contribution in [1.29, 1.82) is 0 Å². The highest BCUT2D eigenvalue weighted by Crippen LogP contribution is 2.30. The number of rotatable bonds is 6. The maximum atomic E-state index is 14.9. The number of ether oxygens (including phenoxy) is 2. The molecule has 33 heavy (non-hydrogen) atoms. The summed E-state index contributed by atoms with van der Waals surface area (Å²) >= 11 is 0. The van der Waals surface area contributed by atoms with Crippen LogP contribution in [0, 0.1) is 15.9 Å². The lowest BCUT2D eigenvalue weighted by atomic mass is 10.2. The second kappa shape index (κ2) is 9.22. The van der Waals surface area contributed by atoms with Crippen molar-refractivity contribution in [3.05, 3.63) is 46.3 Å². The van der Waals surface area contributed by atoms with Gasteiger partial charge < -0.3 is 29.0 Å². The van der Waals surface area contributed by atoms with E-state index in [1.807, 2.05) is 9.80 Å². The van der Waals surface area contributed by atoms with Gasteiger partial charge in [0.15, 0.2) is 6.10 Å². The van der Waals surface area contributed by atoms with Gasteiger partial charge in [-0.05, 0) is 18.2 Å². The lowest BCUT2D eigenvalue weighted by Gasteiger charge is -2.36. The summed E-state index contributed by atoms with van der Waals surface area (Å²) in [6, 6.07) is 7.34. The number of carbonyl (C=O) groups excluding carboxylic acids is 2. The fourth-order valence-electron chi connectivity index (χ4n) is 3.73. The van der Waals surface area contributed by atoms with Gasteiger partial charge in [0, 0.05) is 39.3 Å². The van der Waals surface area contributed by atoms with Gasteiger partial charge in [-0.25, -0.2) is 14.0 Å². The van der Waals surface area contributed by atoms with Gasteiger partial charge in [0.05, 0.1) is 24.0 Å². The Morgan fingerprint density at radius 2 is 1.97 bits per heavy atom. The maximum absolute atomic E-state index is 14.9. The molecule has 0 radical (unpaired) electrons. The van der Waals surface area contributed by atoms with Crippen molar-refractivity contribution in [2.24, 2.45) is 0 Å². The van der Waals surface area contributed by atoms with Crippen molar-refractivity contribution in [3.63, 3.8) is 0 Å². The zero-order valence-corrected chi connectivity index (χ0v) is 17.7.